The maximum absolute atomic E-state index is 13.8. The van der Waals surface area contributed by atoms with E-state index >= 15 is 0 Å². The van der Waals surface area contributed by atoms with E-state index in [-0.39, 0.29) is 5.82 Å². The van der Waals surface area contributed by atoms with Gasteiger partial charge < -0.3 is 24.5 Å². The molecule has 4 rings (SSSR count). The zero-order chi connectivity index (χ0) is 20.2. The van der Waals surface area contributed by atoms with Gasteiger partial charge in [0.05, 0.1) is 19.8 Å². The van der Waals surface area contributed by atoms with Gasteiger partial charge in [-0.2, -0.15) is 0 Å². The number of β-amino-alcohol motifs (C(OH)–C–C–N with tert-alkyl or cyclic N) is 1. The van der Waals surface area contributed by atoms with E-state index in [0.717, 1.165) is 48.1 Å². The van der Waals surface area contributed by atoms with Gasteiger partial charge in [-0.25, -0.2) is 4.39 Å². The van der Waals surface area contributed by atoms with Crippen LogP contribution in [0.25, 0.3) is 10.9 Å². The monoisotopic (exact) mass is 398 g/mol. The number of aromatic nitrogens is 1. The lowest BCUT2D eigenvalue weighted by Crippen LogP contribution is -2.40. The fraction of sp³-hybridized carbons (Fsp3) is 0.391. The van der Waals surface area contributed by atoms with Crippen molar-refractivity contribution in [2.24, 2.45) is 5.92 Å². The van der Waals surface area contributed by atoms with Gasteiger partial charge >= 0.3 is 0 Å². The second-order valence-electron chi connectivity index (χ2n) is 7.68. The molecule has 5 nitrogen and oxygen atoms in total. The van der Waals surface area contributed by atoms with E-state index in [9.17, 15) is 9.50 Å². The molecule has 1 aliphatic heterocycles. The van der Waals surface area contributed by atoms with E-state index in [2.05, 4.69) is 9.88 Å². The number of aromatic amines is 1. The summed E-state index contributed by atoms with van der Waals surface area (Å²) in [6, 6.07) is 12.3. The van der Waals surface area contributed by atoms with Gasteiger partial charge in [0.2, 0.25) is 0 Å². The van der Waals surface area contributed by atoms with Gasteiger partial charge in [-0.05, 0) is 49.7 Å². The fourth-order valence-electron chi connectivity index (χ4n) is 4.09. The lowest BCUT2D eigenvalue weighted by molar-refractivity contribution is 0.0715. The van der Waals surface area contributed by atoms with Crippen LogP contribution in [-0.4, -0.2) is 48.3 Å². The summed E-state index contributed by atoms with van der Waals surface area (Å²) in [5.41, 5.74) is 1.86. The van der Waals surface area contributed by atoms with Crippen LogP contribution in [0.2, 0.25) is 0 Å². The zero-order valence-corrected chi connectivity index (χ0v) is 16.6. The second-order valence-corrected chi connectivity index (χ2v) is 7.68. The minimum absolute atomic E-state index is 0.303. The van der Waals surface area contributed by atoms with E-state index in [1.165, 1.54) is 6.07 Å². The summed E-state index contributed by atoms with van der Waals surface area (Å²) in [5, 5.41) is 11.9. The SMILES string of the molecule is COc1ccc2[nH]cc([C@H](O)CN3CCC[C@H](COc4ccccc4F)C3)c2c1. The summed E-state index contributed by atoms with van der Waals surface area (Å²) >= 11 is 0. The molecule has 3 aromatic rings. The van der Waals surface area contributed by atoms with Gasteiger partial charge in [-0.3, -0.25) is 0 Å². The van der Waals surface area contributed by atoms with Crippen LogP contribution in [0.1, 0.15) is 24.5 Å². The molecule has 1 saturated heterocycles. The van der Waals surface area contributed by atoms with Crippen LogP contribution in [0.4, 0.5) is 4.39 Å². The van der Waals surface area contributed by atoms with Gasteiger partial charge in [-0.1, -0.05) is 12.1 Å². The van der Waals surface area contributed by atoms with Crippen LogP contribution >= 0.6 is 0 Å². The average Bonchev–Trinajstić information content (AvgIpc) is 3.16. The molecule has 0 spiro atoms. The van der Waals surface area contributed by atoms with E-state index < -0.39 is 6.10 Å². The number of likely N-dealkylation sites (tertiary alicyclic amines) is 1. The minimum atomic E-state index is -0.595. The Balaban J connectivity index is 1.37. The highest BCUT2D eigenvalue weighted by molar-refractivity contribution is 5.85. The highest BCUT2D eigenvalue weighted by Gasteiger charge is 2.24. The van der Waals surface area contributed by atoms with E-state index in [1.54, 1.807) is 25.3 Å². The highest BCUT2D eigenvalue weighted by atomic mass is 19.1. The summed E-state index contributed by atoms with van der Waals surface area (Å²) < 4.78 is 24.8. The molecule has 0 radical (unpaired) electrons. The number of benzene rings is 2. The number of aliphatic hydroxyl groups excluding tert-OH is 1. The number of piperidine rings is 1. The fourth-order valence-corrected chi connectivity index (χ4v) is 4.09. The lowest BCUT2D eigenvalue weighted by atomic mass is 9.98. The molecule has 29 heavy (non-hydrogen) atoms. The number of hydrogen-bond acceptors (Lipinski definition) is 4. The normalized spacial score (nSPS) is 18.7. The first kappa shape index (κ1) is 19.7. The number of nitrogens with one attached hydrogen (secondary N) is 1. The van der Waals surface area contributed by atoms with Gasteiger partial charge in [0.1, 0.15) is 5.75 Å². The molecule has 1 aromatic heterocycles. The second kappa shape index (κ2) is 8.84. The Kier molecular flexibility index (Phi) is 6.02. The molecule has 0 bridgehead atoms. The third kappa shape index (κ3) is 4.54. The van der Waals surface area contributed by atoms with Crippen molar-refractivity contribution in [1.82, 2.24) is 9.88 Å². The number of ether oxygens (including phenoxy) is 2. The predicted molar refractivity (Wildman–Crippen MR) is 111 cm³/mol. The summed E-state index contributed by atoms with van der Waals surface area (Å²) in [5.74, 6) is 1.07. The Morgan fingerprint density at radius 1 is 1.28 bits per heavy atom. The molecule has 6 heteroatoms. The van der Waals surface area contributed by atoms with Crippen molar-refractivity contribution in [3.63, 3.8) is 0 Å². The number of hydrogen-bond donors (Lipinski definition) is 2. The van der Waals surface area contributed by atoms with Crippen molar-refractivity contribution in [1.29, 1.82) is 0 Å². The minimum Gasteiger partial charge on any atom is -0.497 e. The smallest absolute Gasteiger partial charge is 0.165 e. The molecule has 2 heterocycles. The molecule has 0 saturated carbocycles. The number of aliphatic hydroxyl groups is 1. The number of rotatable bonds is 7. The Labute approximate surface area is 170 Å². The topological polar surface area (TPSA) is 57.7 Å². The maximum Gasteiger partial charge on any atom is 0.165 e. The van der Waals surface area contributed by atoms with Gasteiger partial charge in [0, 0.05) is 41.7 Å². The van der Waals surface area contributed by atoms with E-state index in [1.807, 2.05) is 24.4 Å². The predicted octanol–water partition coefficient (Wildman–Crippen LogP) is 4.14. The number of para-hydroxylation sites is 1. The first-order chi connectivity index (χ1) is 14.1. The first-order valence-electron chi connectivity index (χ1n) is 10.1. The molecule has 1 fully saturated rings. The molecular formula is C23H27FN2O3. The van der Waals surface area contributed by atoms with Crippen molar-refractivity contribution >= 4 is 10.9 Å². The first-order valence-corrected chi connectivity index (χ1v) is 10.1. The molecule has 2 N–H and O–H groups in total. The third-order valence-corrected chi connectivity index (χ3v) is 5.63. The van der Waals surface area contributed by atoms with Gasteiger partial charge in [0.25, 0.3) is 0 Å². The van der Waals surface area contributed by atoms with Crippen molar-refractivity contribution in [3.05, 3.63) is 60.0 Å². The van der Waals surface area contributed by atoms with Crippen molar-refractivity contribution in [2.75, 3.05) is 33.4 Å². The van der Waals surface area contributed by atoms with Gasteiger partial charge in [-0.15, -0.1) is 0 Å². The standard InChI is InChI=1S/C23H27FN2O3/c1-28-17-8-9-21-18(11-17)19(12-25-21)22(27)14-26-10-4-5-16(13-26)15-29-23-7-3-2-6-20(23)24/h2-3,6-9,11-12,16,22,25,27H,4-5,10,13-15H2,1H3/t16-,22+/m0/s1. The summed E-state index contributed by atoms with van der Waals surface area (Å²) in [6.45, 7) is 2.81. The summed E-state index contributed by atoms with van der Waals surface area (Å²) in [6.07, 6.45) is 3.37. The van der Waals surface area contributed by atoms with Crippen LogP contribution in [0.15, 0.2) is 48.7 Å². The molecule has 0 amide bonds. The Morgan fingerprint density at radius 2 is 2.14 bits per heavy atom. The van der Waals surface area contributed by atoms with Crippen LogP contribution < -0.4 is 9.47 Å². The quantitative estimate of drug-likeness (QED) is 0.628. The molecule has 154 valence electrons. The lowest BCUT2D eigenvalue weighted by Gasteiger charge is -2.33. The number of nitrogens with zero attached hydrogens (tertiary/aromatic N) is 1. The zero-order valence-electron chi connectivity index (χ0n) is 16.6. The third-order valence-electron chi connectivity index (χ3n) is 5.63. The average molecular weight is 398 g/mol. The van der Waals surface area contributed by atoms with Crippen LogP contribution in [0, 0.1) is 11.7 Å². The highest BCUT2D eigenvalue weighted by Crippen LogP contribution is 2.29. The molecule has 2 aromatic carbocycles. The van der Waals surface area contributed by atoms with Gasteiger partial charge in [0.15, 0.2) is 11.6 Å². The van der Waals surface area contributed by atoms with E-state index in [0.29, 0.717) is 24.8 Å². The van der Waals surface area contributed by atoms with Crippen molar-refractivity contribution < 1.29 is 19.0 Å². The molecular weight excluding hydrogens is 371 g/mol. The Bertz CT molecular complexity index is 958. The van der Waals surface area contributed by atoms with Crippen LogP contribution in [-0.2, 0) is 0 Å². The van der Waals surface area contributed by atoms with Crippen LogP contribution in [0.5, 0.6) is 11.5 Å². The summed E-state index contributed by atoms with van der Waals surface area (Å²) in [4.78, 5) is 5.49. The van der Waals surface area contributed by atoms with E-state index in [4.69, 9.17) is 9.47 Å². The molecule has 0 unspecified atom stereocenters. The molecule has 2 atom stereocenters. The number of H-pyrrole nitrogens is 1. The molecule has 0 aliphatic carbocycles. The van der Waals surface area contributed by atoms with Crippen molar-refractivity contribution in [3.8, 4) is 11.5 Å². The molecule has 1 aliphatic rings. The van der Waals surface area contributed by atoms with Crippen molar-refractivity contribution in [2.45, 2.75) is 18.9 Å². The maximum atomic E-state index is 13.8. The number of fused-ring (bicyclic) bond motifs is 1. The number of methoxy groups -OCH3 is 1. The summed E-state index contributed by atoms with van der Waals surface area (Å²) in [7, 11) is 1.64. The Hall–Kier alpha value is -2.57. The largest absolute Gasteiger partial charge is 0.497 e. The number of halogens is 1. The van der Waals surface area contributed by atoms with Crippen LogP contribution in [0.3, 0.4) is 0 Å². The Morgan fingerprint density at radius 3 is 2.97 bits per heavy atom.